The zero-order valence-electron chi connectivity index (χ0n) is 21.3. The van der Waals surface area contributed by atoms with Crippen LogP contribution in [0, 0.1) is 13.8 Å². The Balaban J connectivity index is 2.33. The molecule has 10 nitrogen and oxygen atoms in total. The fraction of sp³-hybridized carbons (Fsp3) is 0.500. The number of nitrogens with zero attached hydrogens (tertiary/aromatic N) is 4. The lowest BCUT2D eigenvalue weighted by Crippen LogP contribution is -2.67. The number of aryl methyl sites for hydroxylation is 2. The van der Waals surface area contributed by atoms with E-state index in [2.05, 4.69) is 9.97 Å². The summed E-state index contributed by atoms with van der Waals surface area (Å²) in [6, 6.07) is 0. The smallest absolute Gasteiger partial charge is 0.344 e. The van der Waals surface area contributed by atoms with Crippen molar-refractivity contribution in [3.8, 4) is 0 Å². The van der Waals surface area contributed by atoms with Crippen molar-refractivity contribution in [1.82, 2.24) is 19.8 Å². The first kappa shape index (κ1) is 32.8. The second-order valence-corrected chi connectivity index (χ2v) is 10.5. The average molecular weight is 625 g/mol. The largest absolute Gasteiger partial charge is 0.393 e. The van der Waals surface area contributed by atoms with Gasteiger partial charge >= 0.3 is 35.5 Å². The molecule has 2 aromatic rings. The molecule has 0 spiro atoms. The molecule has 2 N–H and O–H groups in total. The molecule has 0 atom stereocenters. The molecule has 20 heteroatoms. The molecule has 0 aliphatic heterocycles. The summed E-state index contributed by atoms with van der Waals surface area (Å²) in [6.45, 7) is 2.37. The van der Waals surface area contributed by atoms with E-state index in [1.54, 1.807) is 0 Å². The molecule has 0 fully saturated rings. The van der Waals surface area contributed by atoms with Crippen LogP contribution in [-0.2, 0) is 9.59 Å². The molecule has 0 saturated heterocycles. The fourth-order valence-corrected chi connectivity index (χ4v) is 4.70. The van der Waals surface area contributed by atoms with Crippen LogP contribution in [-0.4, -0.2) is 95.3 Å². The third kappa shape index (κ3) is 5.58. The maximum absolute atomic E-state index is 14.4. The first-order chi connectivity index (χ1) is 18.0. The Hall–Kier alpha value is -3.42. The molecule has 40 heavy (non-hydrogen) atoms. The molecule has 0 saturated carbocycles. The summed E-state index contributed by atoms with van der Waals surface area (Å²) in [4.78, 5) is 56.4. The van der Waals surface area contributed by atoms with Crippen molar-refractivity contribution in [3.05, 3.63) is 21.1 Å². The Morgan fingerprint density at radius 2 is 0.900 bits per heavy atom. The third-order valence-electron chi connectivity index (χ3n) is 4.99. The Morgan fingerprint density at radius 1 is 0.625 bits per heavy atom. The van der Waals surface area contributed by atoms with Crippen molar-refractivity contribution >= 4 is 56.6 Å². The van der Waals surface area contributed by atoms with Crippen LogP contribution in [0.3, 0.4) is 0 Å². The van der Waals surface area contributed by atoms with Gasteiger partial charge in [-0.2, -0.15) is 35.1 Å². The van der Waals surface area contributed by atoms with Crippen LogP contribution in [0.4, 0.5) is 45.4 Å². The molecule has 2 rings (SSSR count). The Kier molecular flexibility index (Phi) is 8.91. The van der Waals surface area contributed by atoms with Gasteiger partial charge < -0.3 is 9.80 Å². The maximum Gasteiger partial charge on any atom is 0.393 e. The van der Waals surface area contributed by atoms with Crippen LogP contribution < -0.4 is 10.6 Å². The highest BCUT2D eigenvalue weighted by Crippen LogP contribution is 2.53. The zero-order chi connectivity index (χ0) is 31.2. The lowest BCUT2D eigenvalue weighted by molar-refractivity contribution is -0.345. The quantitative estimate of drug-likeness (QED) is 0.410. The van der Waals surface area contributed by atoms with E-state index in [1.807, 2.05) is 0 Å². The summed E-state index contributed by atoms with van der Waals surface area (Å²) in [5.74, 6) is -35.1. The van der Waals surface area contributed by atoms with Gasteiger partial charge in [0, 0.05) is 28.2 Å². The summed E-state index contributed by atoms with van der Waals surface area (Å²) >= 11 is 0.464. The first-order valence-corrected chi connectivity index (χ1v) is 12.2. The molecule has 0 aromatic carbocycles. The number of carbonyl (C=O) groups excluding carboxylic acids is 4. The maximum atomic E-state index is 14.4. The van der Waals surface area contributed by atoms with Gasteiger partial charge in [-0.3, -0.25) is 29.8 Å². The van der Waals surface area contributed by atoms with E-state index in [-0.39, 0.29) is 43.8 Å². The number of amides is 4. The van der Waals surface area contributed by atoms with Crippen molar-refractivity contribution < 1.29 is 54.3 Å². The number of hydrogen-bond acceptors (Lipinski definition) is 8. The third-order valence-corrected chi connectivity index (χ3v) is 7.11. The van der Waals surface area contributed by atoms with Gasteiger partial charge in [0.1, 0.15) is 9.75 Å². The summed E-state index contributed by atoms with van der Waals surface area (Å²) in [5, 5.41) is 0.437. The molecule has 2 heterocycles. The zero-order valence-corrected chi connectivity index (χ0v) is 22.9. The van der Waals surface area contributed by atoms with Gasteiger partial charge in [-0.25, -0.2) is 9.97 Å². The van der Waals surface area contributed by atoms with E-state index in [0.717, 1.165) is 20.4 Å². The van der Waals surface area contributed by atoms with Gasteiger partial charge in [0.15, 0.2) is 10.3 Å². The second-order valence-electron chi connectivity index (χ2n) is 8.47. The molecule has 0 aliphatic rings. The van der Waals surface area contributed by atoms with E-state index in [4.69, 9.17) is 0 Å². The van der Waals surface area contributed by atoms with Crippen molar-refractivity contribution in [2.75, 3.05) is 38.8 Å². The molecule has 4 amide bonds. The second kappa shape index (κ2) is 10.9. The highest BCUT2D eigenvalue weighted by Gasteiger charge is 2.84. The summed E-state index contributed by atoms with van der Waals surface area (Å²) < 4.78 is 115. The molecular formula is C20H20F8N6O4S2. The topological polar surface area (TPSA) is 125 Å². The number of nitrogens with one attached hydrogen (secondary N) is 2. The predicted molar refractivity (Wildman–Crippen MR) is 127 cm³/mol. The molecule has 0 aliphatic carbocycles. The van der Waals surface area contributed by atoms with Crippen LogP contribution in [0.25, 0.3) is 0 Å². The van der Waals surface area contributed by atoms with Crippen molar-refractivity contribution in [2.45, 2.75) is 37.5 Å². The first-order valence-electron chi connectivity index (χ1n) is 10.5. The van der Waals surface area contributed by atoms with Crippen LogP contribution in [0.2, 0.25) is 0 Å². The number of halogens is 8. The molecule has 0 unspecified atom stereocenters. The molecule has 2 aromatic heterocycles. The minimum Gasteiger partial charge on any atom is -0.344 e. The Labute approximate surface area is 228 Å². The minimum absolute atomic E-state index is 0.143. The van der Waals surface area contributed by atoms with E-state index < -0.39 is 57.6 Å². The Morgan fingerprint density at radius 3 is 1.15 bits per heavy atom. The van der Waals surface area contributed by atoms with Gasteiger partial charge in [0.2, 0.25) is 0 Å². The predicted octanol–water partition coefficient (Wildman–Crippen LogP) is 3.74. The van der Waals surface area contributed by atoms with Crippen LogP contribution in [0.1, 0.15) is 30.7 Å². The fourth-order valence-electron chi connectivity index (χ4n) is 2.73. The van der Waals surface area contributed by atoms with Gasteiger partial charge in [-0.15, -0.1) is 0 Å². The van der Waals surface area contributed by atoms with Gasteiger partial charge in [-0.1, -0.05) is 22.7 Å². The highest BCUT2D eigenvalue weighted by molar-refractivity contribution is 7.18. The normalized spacial score (nSPS) is 12.7. The summed E-state index contributed by atoms with van der Waals surface area (Å²) in [6.07, 6.45) is 0. The Bertz CT molecular complexity index is 1240. The monoisotopic (exact) mass is 624 g/mol. The minimum atomic E-state index is -7.13. The van der Waals surface area contributed by atoms with E-state index in [1.165, 1.54) is 42.0 Å². The van der Waals surface area contributed by atoms with Crippen LogP contribution in [0.15, 0.2) is 0 Å². The SMILES string of the molecule is Cc1nc(NC(=O)C(F)(F)C(F)(F)C(F)(F)C(F)(F)C(=O)Nc2nc(C)c(C(=O)N(C)C)s2)sc1C(=O)N(C)C. The number of anilines is 2. The highest BCUT2D eigenvalue weighted by atomic mass is 32.1. The van der Waals surface area contributed by atoms with E-state index in [9.17, 15) is 54.3 Å². The van der Waals surface area contributed by atoms with Gasteiger partial charge in [-0.05, 0) is 13.8 Å². The molecule has 0 bridgehead atoms. The number of aromatic nitrogens is 2. The van der Waals surface area contributed by atoms with Crippen molar-refractivity contribution in [1.29, 1.82) is 0 Å². The molecule has 222 valence electrons. The van der Waals surface area contributed by atoms with Crippen molar-refractivity contribution in [3.63, 3.8) is 0 Å². The lowest BCUT2D eigenvalue weighted by Gasteiger charge is -2.35. The standard InChI is InChI=1S/C20H20F8N6O4S2/c1-7-9(11(35)33(3)4)39-15(29-7)31-13(37)17(21,22)19(25,26)20(27,28)18(23,24)14(38)32-16-30-8(2)10(40-16)12(36)34(5)6/h1-6H3,(H,29,31,37)(H,30,32,38). The molecular weight excluding hydrogens is 604 g/mol. The number of hydrogen-bond donors (Lipinski definition) is 2. The lowest BCUT2D eigenvalue weighted by atomic mass is 9.97. The summed E-state index contributed by atoms with van der Waals surface area (Å²) in [7, 11) is 5.19. The van der Waals surface area contributed by atoms with E-state index >= 15 is 0 Å². The van der Waals surface area contributed by atoms with Gasteiger partial charge in [0.05, 0.1) is 11.4 Å². The number of rotatable bonds is 9. The number of alkyl halides is 8. The van der Waals surface area contributed by atoms with E-state index in [0.29, 0.717) is 0 Å². The van der Waals surface area contributed by atoms with Crippen LogP contribution in [0.5, 0.6) is 0 Å². The number of thiazole rings is 2. The average Bonchev–Trinajstić information content (AvgIpc) is 3.38. The van der Waals surface area contributed by atoms with Crippen molar-refractivity contribution in [2.24, 2.45) is 0 Å². The molecule has 0 radical (unpaired) electrons. The van der Waals surface area contributed by atoms with Gasteiger partial charge in [0.25, 0.3) is 11.8 Å². The number of carbonyl (C=O) groups is 4. The summed E-state index contributed by atoms with van der Waals surface area (Å²) in [5.41, 5.74) is -0.286. The van der Waals surface area contributed by atoms with Crippen LogP contribution >= 0.6 is 22.7 Å².